The summed E-state index contributed by atoms with van der Waals surface area (Å²) >= 11 is 0. The smallest absolute Gasteiger partial charge is 0.254 e. The Labute approximate surface area is 75.5 Å². The number of Topliss-reactive ketones (excluding diaryl/α,β-unsaturated/α-hetero) is 1. The number of ketones is 1. The molecule has 0 N–H and O–H groups in total. The summed E-state index contributed by atoms with van der Waals surface area (Å²) in [6.45, 7) is 1.99. The van der Waals surface area contributed by atoms with Crippen molar-refractivity contribution in [1.82, 2.24) is 9.78 Å². The molecule has 1 aromatic heterocycles. The quantitative estimate of drug-likeness (QED) is 0.592. The maximum absolute atomic E-state index is 11.3. The molecule has 0 bridgehead atoms. The molecule has 0 radical (unpaired) electrons. The van der Waals surface area contributed by atoms with Crippen LogP contribution in [-0.4, -0.2) is 21.5 Å². The van der Waals surface area contributed by atoms with Gasteiger partial charge in [-0.2, -0.15) is 5.10 Å². The number of hydrogen-bond donors (Lipinski definition) is 0. The number of carbonyl (C=O) groups excluding carboxylic acids is 2. The number of carbonyl (C=O) groups is 2. The zero-order chi connectivity index (χ0) is 9.42. The fourth-order valence-corrected chi connectivity index (χ4v) is 1.60. The summed E-state index contributed by atoms with van der Waals surface area (Å²) in [6.07, 6.45) is 2.84. The van der Waals surface area contributed by atoms with Crippen LogP contribution in [0.4, 0.5) is 0 Å². The fourth-order valence-electron chi connectivity index (χ4n) is 1.60. The van der Waals surface area contributed by atoms with Gasteiger partial charge in [-0.05, 0) is 12.0 Å². The zero-order valence-electron chi connectivity index (χ0n) is 7.41. The molecule has 0 atom stereocenters. The van der Waals surface area contributed by atoms with E-state index >= 15 is 0 Å². The number of rotatable bonds is 1. The second-order valence-corrected chi connectivity index (χ2v) is 3.17. The highest BCUT2D eigenvalue weighted by molar-refractivity contribution is 6.02. The first-order valence-corrected chi connectivity index (χ1v) is 4.33. The minimum atomic E-state index is -0.203. The molecular weight excluding hydrogens is 168 g/mol. The Morgan fingerprint density at radius 3 is 2.92 bits per heavy atom. The average Bonchev–Trinajstić information content (AvgIpc) is 2.47. The van der Waals surface area contributed by atoms with Gasteiger partial charge in [0, 0.05) is 6.42 Å². The first-order chi connectivity index (χ1) is 6.22. The minimum absolute atomic E-state index is 0.00215. The Morgan fingerprint density at radius 1 is 1.46 bits per heavy atom. The van der Waals surface area contributed by atoms with Crippen molar-refractivity contribution in [3.05, 3.63) is 17.5 Å². The van der Waals surface area contributed by atoms with Gasteiger partial charge in [-0.3, -0.25) is 9.59 Å². The van der Waals surface area contributed by atoms with Gasteiger partial charge in [-0.25, -0.2) is 4.68 Å². The van der Waals surface area contributed by atoms with Crippen molar-refractivity contribution in [2.24, 2.45) is 0 Å². The third-order valence-corrected chi connectivity index (χ3v) is 2.29. The lowest BCUT2D eigenvalue weighted by Gasteiger charge is -2.11. The molecule has 0 amide bonds. The summed E-state index contributed by atoms with van der Waals surface area (Å²) in [4.78, 5) is 22.4. The summed E-state index contributed by atoms with van der Waals surface area (Å²) in [5.41, 5.74) is 1.78. The molecule has 4 heteroatoms. The Bertz CT molecular complexity index is 379. The van der Waals surface area contributed by atoms with Crippen LogP contribution in [0.1, 0.15) is 29.4 Å². The standard InChI is InChI=1S/C9H10N2O2/c1-2-6-5-10-11-8(6)3-7(12)4-9(11)13/h5H,2-4H2,1H3. The molecule has 0 saturated carbocycles. The van der Waals surface area contributed by atoms with Crippen molar-refractivity contribution in [2.75, 3.05) is 0 Å². The predicted octanol–water partition coefficient (Wildman–Crippen LogP) is 0.601. The second-order valence-electron chi connectivity index (χ2n) is 3.17. The Hall–Kier alpha value is -1.45. The summed E-state index contributed by atoms with van der Waals surface area (Å²) in [5, 5.41) is 3.96. The predicted molar refractivity (Wildman–Crippen MR) is 45.6 cm³/mol. The normalized spacial score (nSPS) is 16.1. The lowest BCUT2D eigenvalue weighted by Crippen LogP contribution is -2.27. The molecular formula is C9H10N2O2. The van der Waals surface area contributed by atoms with E-state index in [9.17, 15) is 9.59 Å². The van der Waals surface area contributed by atoms with E-state index in [4.69, 9.17) is 0 Å². The van der Waals surface area contributed by atoms with E-state index < -0.39 is 0 Å². The molecule has 1 aliphatic rings. The van der Waals surface area contributed by atoms with Crippen molar-refractivity contribution in [3.63, 3.8) is 0 Å². The molecule has 0 aliphatic carbocycles. The highest BCUT2D eigenvalue weighted by atomic mass is 16.2. The Balaban J connectivity index is 2.51. The molecule has 2 rings (SSSR count). The minimum Gasteiger partial charge on any atom is -0.299 e. The summed E-state index contributed by atoms with van der Waals surface area (Å²) in [6, 6.07) is 0. The summed E-state index contributed by atoms with van der Waals surface area (Å²) < 4.78 is 1.36. The Kier molecular flexibility index (Phi) is 1.76. The van der Waals surface area contributed by atoms with E-state index in [-0.39, 0.29) is 18.1 Å². The SMILES string of the molecule is CCc1cnn2c1CC(=O)CC2=O. The Morgan fingerprint density at radius 2 is 2.23 bits per heavy atom. The summed E-state index contributed by atoms with van der Waals surface area (Å²) in [7, 11) is 0. The van der Waals surface area contributed by atoms with Crippen molar-refractivity contribution in [3.8, 4) is 0 Å². The van der Waals surface area contributed by atoms with Crippen LogP contribution in [0.3, 0.4) is 0 Å². The van der Waals surface area contributed by atoms with Crippen molar-refractivity contribution in [1.29, 1.82) is 0 Å². The number of aromatic nitrogens is 2. The molecule has 0 aromatic carbocycles. The van der Waals surface area contributed by atoms with Gasteiger partial charge < -0.3 is 0 Å². The van der Waals surface area contributed by atoms with Crippen LogP contribution in [0, 0.1) is 0 Å². The summed E-state index contributed by atoms with van der Waals surface area (Å²) in [5.74, 6) is -0.210. The molecule has 0 saturated heterocycles. The van der Waals surface area contributed by atoms with Crippen LogP contribution < -0.4 is 0 Å². The van der Waals surface area contributed by atoms with Crippen LogP contribution in [0.5, 0.6) is 0 Å². The van der Waals surface area contributed by atoms with Gasteiger partial charge in [0.1, 0.15) is 5.78 Å². The van der Waals surface area contributed by atoms with Gasteiger partial charge in [0.15, 0.2) is 0 Å². The van der Waals surface area contributed by atoms with E-state index in [1.54, 1.807) is 6.20 Å². The molecule has 0 fully saturated rings. The van der Waals surface area contributed by atoms with Gasteiger partial charge in [0.05, 0.1) is 18.3 Å². The monoisotopic (exact) mass is 178 g/mol. The molecule has 0 spiro atoms. The number of hydrogen-bond acceptors (Lipinski definition) is 3. The van der Waals surface area contributed by atoms with Crippen LogP contribution in [0.15, 0.2) is 6.20 Å². The third-order valence-electron chi connectivity index (χ3n) is 2.29. The first-order valence-electron chi connectivity index (χ1n) is 4.33. The molecule has 0 unspecified atom stereocenters. The van der Waals surface area contributed by atoms with Crippen LogP contribution in [0.25, 0.3) is 0 Å². The molecule has 13 heavy (non-hydrogen) atoms. The average molecular weight is 178 g/mol. The van der Waals surface area contributed by atoms with Crippen molar-refractivity contribution in [2.45, 2.75) is 26.2 Å². The van der Waals surface area contributed by atoms with Crippen molar-refractivity contribution >= 4 is 11.7 Å². The van der Waals surface area contributed by atoms with E-state index in [0.29, 0.717) is 6.42 Å². The first kappa shape index (κ1) is 8.16. The maximum Gasteiger partial charge on any atom is 0.254 e. The van der Waals surface area contributed by atoms with E-state index in [1.165, 1.54) is 4.68 Å². The highest BCUT2D eigenvalue weighted by Gasteiger charge is 2.25. The lowest BCUT2D eigenvalue weighted by atomic mass is 10.0. The van der Waals surface area contributed by atoms with Gasteiger partial charge in [-0.1, -0.05) is 6.92 Å². The highest BCUT2D eigenvalue weighted by Crippen LogP contribution is 2.16. The van der Waals surface area contributed by atoms with Gasteiger partial charge in [0.2, 0.25) is 0 Å². The largest absolute Gasteiger partial charge is 0.299 e. The van der Waals surface area contributed by atoms with E-state index in [1.807, 2.05) is 6.92 Å². The fraction of sp³-hybridized carbons (Fsp3) is 0.444. The van der Waals surface area contributed by atoms with Crippen LogP contribution >= 0.6 is 0 Å². The third kappa shape index (κ3) is 1.18. The van der Waals surface area contributed by atoms with Gasteiger partial charge in [0.25, 0.3) is 5.91 Å². The van der Waals surface area contributed by atoms with Crippen LogP contribution in [-0.2, 0) is 17.6 Å². The second kappa shape index (κ2) is 2.80. The van der Waals surface area contributed by atoms with Crippen LogP contribution in [0.2, 0.25) is 0 Å². The number of nitrogens with zero attached hydrogens (tertiary/aromatic N) is 2. The number of fused-ring (bicyclic) bond motifs is 1. The molecule has 4 nitrogen and oxygen atoms in total. The van der Waals surface area contributed by atoms with E-state index in [0.717, 1.165) is 17.7 Å². The lowest BCUT2D eigenvalue weighted by molar-refractivity contribution is -0.118. The maximum atomic E-state index is 11.3. The zero-order valence-corrected chi connectivity index (χ0v) is 7.41. The van der Waals surface area contributed by atoms with Gasteiger partial charge in [-0.15, -0.1) is 0 Å². The number of aryl methyl sites for hydroxylation is 1. The van der Waals surface area contributed by atoms with E-state index in [2.05, 4.69) is 5.10 Å². The van der Waals surface area contributed by atoms with Crippen molar-refractivity contribution < 1.29 is 9.59 Å². The van der Waals surface area contributed by atoms with Gasteiger partial charge >= 0.3 is 0 Å². The topological polar surface area (TPSA) is 52.0 Å². The molecule has 1 aromatic rings. The molecule has 1 aliphatic heterocycles. The molecule has 2 heterocycles. The molecule has 68 valence electrons.